The Bertz CT molecular complexity index is 867. The molecule has 2 heterocycles. The molecule has 2 fully saturated rings. The zero-order valence-corrected chi connectivity index (χ0v) is 20.5. The van der Waals surface area contributed by atoms with Crippen LogP contribution in [0.15, 0.2) is 30.3 Å². The van der Waals surface area contributed by atoms with Crippen LogP contribution in [0.25, 0.3) is 11.4 Å². The molecular formula is C27H39N3O3. The lowest BCUT2D eigenvalue weighted by Crippen LogP contribution is -2.38. The van der Waals surface area contributed by atoms with E-state index in [-0.39, 0.29) is 5.41 Å². The van der Waals surface area contributed by atoms with Gasteiger partial charge in [0.2, 0.25) is 5.88 Å². The van der Waals surface area contributed by atoms with E-state index in [9.17, 15) is 0 Å². The molecule has 0 N–H and O–H groups in total. The van der Waals surface area contributed by atoms with E-state index in [1.807, 2.05) is 30.3 Å². The average Bonchev–Trinajstić information content (AvgIpc) is 2.84. The summed E-state index contributed by atoms with van der Waals surface area (Å²) in [6.07, 6.45) is 6.51. The molecule has 0 radical (unpaired) electrons. The van der Waals surface area contributed by atoms with Gasteiger partial charge in [-0.15, -0.1) is 0 Å². The van der Waals surface area contributed by atoms with E-state index in [1.165, 1.54) is 32.1 Å². The molecule has 6 nitrogen and oxygen atoms in total. The molecule has 1 saturated heterocycles. The zero-order chi connectivity index (χ0) is 23.1. The maximum atomic E-state index is 6.19. The molecule has 1 saturated carbocycles. The van der Waals surface area contributed by atoms with Gasteiger partial charge in [0.25, 0.3) is 0 Å². The first-order chi connectivity index (χ1) is 16.0. The third kappa shape index (κ3) is 7.15. The summed E-state index contributed by atoms with van der Waals surface area (Å²) < 4.78 is 17.5. The van der Waals surface area contributed by atoms with Crippen molar-refractivity contribution in [3.63, 3.8) is 0 Å². The molecule has 0 spiro atoms. The van der Waals surface area contributed by atoms with Crippen molar-refractivity contribution in [2.45, 2.75) is 58.3 Å². The lowest BCUT2D eigenvalue weighted by Gasteiger charge is -2.26. The fraction of sp³-hybridized carbons (Fsp3) is 0.630. The van der Waals surface area contributed by atoms with Crippen LogP contribution in [0.5, 0.6) is 11.6 Å². The van der Waals surface area contributed by atoms with Gasteiger partial charge in [0.1, 0.15) is 12.4 Å². The van der Waals surface area contributed by atoms with E-state index in [0.29, 0.717) is 24.2 Å². The second kappa shape index (κ2) is 11.3. The third-order valence-corrected chi connectivity index (χ3v) is 6.56. The molecule has 1 aliphatic carbocycles. The van der Waals surface area contributed by atoms with Crippen LogP contribution in [-0.4, -0.2) is 60.9 Å². The summed E-state index contributed by atoms with van der Waals surface area (Å²) in [5, 5.41) is 0. The van der Waals surface area contributed by atoms with Gasteiger partial charge in [-0.05, 0) is 43.0 Å². The highest BCUT2D eigenvalue weighted by Gasteiger charge is 2.20. The van der Waals surface area contributed by atoms with Crippen molar-refractivity contribution in [2.24, 2.45) is 5.92 Å². The standard InChI is InChI=1S/C27H39N3O3/c1-27(2,3)24-19-25(33-20-21-7-5-4-6-8-21)29-26(28-24)22-9-11-23(12-10-22)32-18-15-30-13-16-31-17-14-30/h9-12,19,21H,4-8,13-18,20H2,1-3H3. The van der Waals surface area contributed by atoms with E-state index in [2.05, 4.69) is 25.7 Å². The second-order valence-electron chi connectivity index (χ2n) is 10.3. The largest absolute Gasteiger partial charge is 0.492 e. The molecule has 2 aliphatic rings. The van der Waals surface area contributed by atoms with Gasteiger partial charge in [0.15, 0.2) is 5.82 Å². The predicted octanol–water partition coefficient (Wildman–Crippen LogP) is 5.11. The van der Waals surface area contributed by atoms with E-state index >= 15 is 0 Å². The summed E-state index contributed by atoms with van der Waals surface area (Å²) in [7, 11) is 0. The molecule has 1 aliphatic heterocycles. The van der Waals surface area contributed by atoms with Crippen molar-refractivity contribution in [1.29, 1.82) is 0 Å². The van der Waals surface area contributed by atoms with Crippen LogP contribution < -0.4 is 9.47 Å². The summed E-state index contributed by atoms with van der Waals surface area (Å²) in [5.74, 6) is 2.90. The van der Waals surface area contributed by atoms with Crippen molar-refractivity contribution >= 4 is 0 Å². The van der Waals surface area contributed by atoms with E-state index in [0.717, 1.165) is 56.5 Å². The number of benzene rings is 1. The molecular weight excluding hydrogens is 414 g/mol. The van der Waals surface area contributed by atoms with Crippen LogP contribution in [-0.2, 0) is 10.2 Å². The Balaban J connectivity index is 1.41. The Morgan fingerprint density at radius 3 is 2.39 bits per heavy atom. The van der Waals surface area contributed by atoms with Gasteiger partial charge in [-0.25, -0.2) is 4.98 Å². The smallest absolute Gasteiger partial charge is 0.217 e. The predicted molar refractivity (Wildman–Crippen MR) is 131 cm³/mol. The number of hydrogen-bond donors (Lipinski definition) is 0. The van der Waals surface area contributed by atoms with Gasteiger partial charge < -0.3 is 14.2 Å². The van der Waals surface area contributed by atoms with Gasteiger partial charge in [0, 0.05) is 36.7 Å². The SMILES string of the molecule is CC(C)(C)c1cc(OCC2CCCCC2)nc(-c2ccc(OCCN3CCOCC3)cc2)n1. The van der Waals surface area contributed by atoms with Gasteiger partial charge in [-0.3, -0.25) is 4.90 Å². The summed E-state index contributed by atoms with van der Waals surface area (Å²) in [6.45, 7) is 12.5. The second-order valence-corrected chi connectivity index (χ2v) is 10.3. The van der Waals surface area contributed by atoms with Crippen LogP contribution in [0.3, 0.4) is 0 Å². The molecule has 2 aromatic rings. The number of nitrogens with zero attached hydrogens (tertiary/aromatic N) is 3. The first kappa shape index (κ1) is 24.0. The van der Waals surface area contributed by atoms with Crippen molar-refractivity contribution in [3.8, 4) is 23.0 Å². The highest BCUT2D eigenvalue weighted by Crippen LogP contribution is 2.29. The minimum atomic E-state index is -0.0802. The Hall–Kier alpha value is -2.18. The summed E-state index contributed by atoms with van der Waals surface area (Å²) in [6, 6.07) is 10.1. The van der Waals surface area contributed by atoms with Crippen LogP contribution in [0.4, 0.5) is 0 Å². The Kier molecular flexibility index (Phi) is 8.20. The highest BCUT2D eigenvalue weighted by molar-refractivity contribution is 5.57. The Morgan fingerprint density at radius 1 is 0.970 bits per heavy atom. The van der Waals surface area contributed by atoms with Crippen LogP contribution >= 0.6 is 0 Å². The highest BCUT2D eigenvalue weighted by atomic mass is 16.5. The molecule has 1 aromatic heterocycles. The normalized spacial score (nSPS) is 18.3. The molecule has 6 heteroatoms. The van der Waals surface area contributed by atoms with E-state index in [1.54, 1.807) is 0 Å². The molecule has 0 unspecified atom stereocenters. The van der Waals surface area contributed by atoms with E-state index in [4.69, 9.17) is 24.2 Å². The lowest BCUT2D eigenvalue weighted by atomic mass is 9.90. The maximum absolute atomic E-state index is 6.19. The van der Waals surface area contributed by atoms with Crippen LogP contribution in [0.1, 0.15) is 58.6 Å². The quantitative estimate of drug-likeness (QED) is 0.554. The van der Waals surface area contributed by atoms with Gasteiger partial charge in [-0.2, -0.15) is 4.98 Å². The average molecular weight is 454 g/mol. The van der Waals surface area contributed by atoms with E-state index < -0.39 is 0 Å². The Labute approximate surface area is 198 Å². The summed E-state index contributed by atoms with van der Waals surface area (Å²) in [5.41, 5.74) is 1.89. The monoisotopic (exact) mass is 453 g/mol. The topological polar surface area (TPSA) is 56.7 Å². The number of ether oxygens (including phenoxy) is 3. The zero-order valence-electron chi connectivity index (χ0n) is 20.5. The van der Waals surface area contributed by atoms with Gasteiger partial charge in [0.05, 0.1) is 25.5 Å². The number of morpholine rings is 1. The number of rotatable bonds is 8. The third-order valence-electron chi connectivity index (χ3n) is 6.56. The number of hydrogen-bond acceptors (Lipinski definition) is 6. The molecule has 0 bridgehead atoms. The lowest BCUT2D eigenvalue weighted by molar-refractivity contribution is 0.0322. The fourth-order valence-corrected chi connectivity index (χ4v) is 4.39. The van der Waals surface area contributed by atoms with Crippen molar-refractivity contribution in [3.05, 3.63) is 36.0 Å². The summed E-state index contributed by atoms with van der Waals surface area (Å²) >= 11 is 0. The first-order valence-corrected chi connectivity index (χ1v) is 12.5. The molecule has 1 aromatic carbocycles. The maximum Gasteiger partial charge on any atom is 0.217 e. The van der Waals surface area contributed by atoms with Crippen molar-refractivity contribution < 1.29 is 14.2 Å². The van der Waals surface area contributed by atoms with Gasteiger partial charge in [-0.1, -0.05) is 40.0 Å². The first-order valence-electron chi connectivity index (χ1n) is 12.5. The molecule has 0 atom stereocenters. The minimum Gasteiger partial charge on any atom is -0.492 e. The van der Waals surface area contributed by atoms with Gasteiger partial charge >= 0.3 is 0 Å². The fourth-order valence-electron chi connectivity index (χ4n) is 4.39. The van der Waals surface area contributed by atoms with Crippen LogP contribution in [0.2, 0.25) is 0 Å². The summed E-state index contributed by atoms with van der Waals surface area (Å²) in [4.78, 5) is 12.0. The Morgan fingerprint density at radius 2 is 1.70 bits per heavy atom. The van der Waals surface area contributed by atoms with Crippen molar-refractivity contribution in [1.82, 2.24) is 14.9 Å². The van der Waals surface area contributed by atoms with Crippen molar-refractivity contribution in [2.75, 3.05) is 46.1 Å². The molecule has 33 heavy (non-hydrogen) atoms. The molecule has 0 amide bonds. The number of aromatic nitrogens is 2. The molecule has 4 rings (SSSR count). The minimum absolute atomic E-state index is 0.0802. The molecule has 180 valence electrons. The van der Waals surface area contributed by atoms with Crippen LogP contribution in [0, 0.1) is 5.92 Å².